The summed E-state index contributed by atoms with van der Waals surface area (Å²) in [5.74, 6) is 1.61. The molecule has 0 heterocycles. The van der Waals surface area contributed by atoms with Gasteiger partial charge in [-0.05, 0) is 42.0 Å². The summed E-state index contributed by atoms with van der Waals surface area (Å²) in [6, 6.07) is 14.9. The van der Waals surface area contributed by atoms with Crippen LogP contribution in [0.5, 0.6) is 11.5 Å². The van der Waals surface area contributed by atoms with Gasteiger partial charge in [-0.1, -0.05) is 18.2 Å². The van der Waals surface area contributed by atoms with E-state index in [1.165, 1.54) is 0 Å². The molecule has 0 fully saturated rings. The molecule has 3 nitrogen and oxygen atoms in total. The number of hydrogen-bond acceptors (Lipinski definition) is 3. The molecule has 0 radical (unpaired) electrons. The summed E-state index contributed by atoms with van der Waals surface area (Å²) < 4.78 is 10.3. The number of Topliss-reactive ketones (excluding diaryl/α,β-unsaturated/α-hetero) is 1. The van der Waals surface area contributed by atoms with Gasteiger partial charge in [0.05, 0.1) is 14.2 Å². The van der Waals surface area contributed by atoms with Crippen molar-refractivity contribution >= 4 is 5.78 Å². The summed E-state index contributed by atoms with van der Waals surface area (Å²) in [5, 5.41) is 0. The SMILES string of the molecule is C=C[C@@H](CC(=O)c1ccc(OC)cc1)c1ccc(OC)cc1. The molecule has 2 rings (SSSR count). The quantitative estimate of drug-likeness (QED) is 0.566. The molecule has 0 amide bonds. The van der Waals surface area contributed by atoms with E-state index in [1.807, 2.05) is 30.3 Å². The highest BCUT2D eigenvalue weighted by molar-refractivity contribution is 5.96. The minimum atomic E-state index is -0.0134. The molecular weight excluding hydrogens is 276 g/mol. The zero-order valence-corrected chi connectivity index (χ0v) is 12.9. The lowest BCUT2D eigenvalue weighted by Crippen LogP contribution is -2.06. The van der Waals surface area contributed by atoms with Crippen molar-refractivity contribution in [3.8, 4) is 11.5 Å². The van der Waals surface area contributed by atoms with Crippen molar-refractivity contribution in [1.29, 1.82) is 0 Å². The van der Waals surface area contributed by atoms with Crippen LogP contribution < -0.4 is 9.47 Å². The first-order valence-electron chi connectivity index (χ1n) is 7.11. The lowest BCUT2D eigenvalue weighted by molar-refractivity contribution is 0.0978. The molecule has 1 atom stereocenters. The van der Waals surface area contributed by atoms with Crippen LogP contribution in [0.25, 0.3) is 0 Å². The van der Waals surface area contributed by atoms with E-state index in [1.54, 1.807) is 38.5 Å². The summed E-state index contributed by atoms with van der Waals surface area (Å²) in [5.41, 5.74) is 1.74. The molecular formula is C19H20O3. The first-order valence-corrected chi connectivity index (χ1v) is 7.11. The Morgan fingerprint density at radius 3 is 1.95 bits per heavy atom. The smallest absolute Gasteiger partial charge is 0.163 e. The van der Waals surface area contributed by atoms with Crippen molar-refractivity contribution in [2.24, 2.45) is 0 Å². The van der Waals surface area contributed by atoms with Crippen LogP contribution in [0.3, 0.4) is 0 Å². The van der Waals surface area contributed by atoms with Gasteiger partial charge in [0, 0.05) is 17.9 Å². The normalized spacial score (nSPS) is 11.5. The van der Waals surface area contributed by atoms with Crippen LogP contribution >= 0.6 is 0 Å². The van der Waals surface area contributed by atoms with Gasteiger partial charge in [-0.15, -0.1) is 6.58 Å². The van der Waals surface area contributed by atoms with E-state index in [2.05, 4.69) is 6.58 Å². The second kappa shape index (κ2) is 7.46. The second-order valence-corrected chi connectivity index (χ2v) is 4.97. The highest BCUT2D eigenvalue weighted by Crippen LogP contribution is 2.25. The third kappa shape index (κ3) is 3.76. The Kier molecular flexibility index (Phi) is 5.37. The fourth-order valence-corrected chi connectivity index (χ4v) is 2.28. The second-order valence-electron chi connectivity index (χ2n) is 4.97. The van der Waals surface area contributed by atoms with E-state index in [4.69, 9.17) is 9.47 Å². The predicted molar refractivity (Wildman–Crippen MR) is 87.9 cm³/mol. The fraction of sp³-hybridized carbons (Fsp3) is 0.211. The van der Waals surface area contributed by atoms with Crippen LogP contribution in [0.2, 0.25) is 0 Å². The van der Waals surface area contributed by atoms with Crippen molar-refractivity contribution in [3.05, 3.63) is 72.3 Å². The Morgan fingerprint density at radius 2 is 1.50 bits per heavy atom. The van der Waals surface area contributed by atoms with Gasteiger partial charge in [0.25, 0.3) is 0 Å². The van der Waals surface area contributed by atoms with Crippen molar-refractivity contribution in [2.45, 2.75) is 12.3 Å². The van der Waals surface area contributed by atoms with Crippen molar-refractivity contribution in [3.63, 3.8) is 0 Å². The molecule has 0 aliphatic rings. The number of allylic oxidation sites excluding steroid dienone is 1. The Morgan fingerprint density at radius 1 is 1.00 bits per heavy atom. The summed E-state index contributed by atoms with van der Waals surface area (Å²) in [4.78, 5) is 12.4. The highest BCUT2D eigenvalue weighted by atomic mass is 16.5. The van der Waals surface area contributed by atoms with Gasteiger partial charge >= 0.3 is 0 Å². The molecule has 0 bridgehead atoms. The largest absolute Gasteiger partial charge is 0.497 e. The number of rotatable bonds is 7. The first-order chi connectivity index (χ1) is 10.7. The summed E-state index contributed by atoms with van der Waals surface area (Å²) in [6.45, 7) is 3.85. The van der Waals surface area contributed by atoms with Gasteiger partial charge in [0.1, 0.15) is 11.5 Å². The topological polar surface area (TPSA) is 35.5 Å². The molecule has 0 N–H and O–H groups in total. The Balaban J connectivity index is 2.10. The number of carbonyl (C=O) groups is 1. The maximum Gasteiger partial charge on any atom is 0.163 e. The van der Waals surface area contributed by atoms with Crippen LogP contribution in [0.4, 0.5) is 0 Å². The lowest BCUT2D eigenvalue weighted by atomic mass is 9.91. The van der Waals surface area contributed by atoms with E-state index < -0.39 is 0 Å². The molecule has 0 saturated carbocycles. The average molecular weight is 296 g/mol. The molecule has 114 valence electrons. The number of carbonyl (C=O) groups excluding carboxylic acids is 1. The number of ketones is 1. The van der Waals surface area contributed by atoms with Crippen molar-refractivity contribution in [1.82, 2.24) is 0 Å². The van der Waals surface area contributed by atoms with E-state index in [0.29, 0.717) is 12.0 Å². The molecule has 0 saturated heterocycles. The molecule has 2 aromatic carbocycles. The van der Waals surface area contributed by atoms with Crippen LogP contribution in [0, 0.1) is 0 Å². The third-order valence-corrected chi connectivity index (χ3v) is 3.65. The molecule has 22 heavy (non-hydrogen) atoms. The number of ether oxygens (including phenoxy) is 2. The number of benzene rings is 2. The molecule has 0 unspecified atom stereocenters. The molecule has 0 aliphatic carbocycles. The van der Waals surface area contributed by atoms with Crippen LogP contribution in [0.1, 0.15) is 28.3 Å². The van der Waals surface area contributed by atoms with Crippen LogP contribution in [-0.4, -0.2) is 20.0 Å². The minimum Gasteiger partial charge on any atom is -0.497 e. The molecule has 0 aliphatic heterocycles. The van der Waals surface area contributed by atoms with Crippen molar-refractivity contribution in [2.75, 3.05) is 14.2 Å². The Hall–Kier alpha value is -2.55. The first kappa shape index (κ1) is 15.8. The Labute approximate surface area is 131 Å². The van der Waals surface area contributed by atoms with Gasteiger partial charge in [-0.2, -0.15) is 0 Å². The molecule has 0 spiro atoms. The van der Waals surface area contributed by atoms with Gasteiger partial charge in [-0.3, -0.25) is 4.79 Å². The van der Waals surface area contributed by atoms with E-state index in [9.17, 15) is 4.79 Å². The van der Waals surface area contributed by atoms with Crippen molar-refractivity contribution < 1.29 is 14.3 Å². The Bertz CT molecular complexity index is 627. The van der Waals surface area contributed by atoms with E-state index in [0.717, 1.165) is 17.1 Å². The maximum absolute atomic E-state index is 12.4. The summed E-state index contributed by atoms with van der Waals surface area (Å²) >= 11 is 0. The van der Waals surface area contributed by atoms with E-state index in [-0.39, 0.29) is 11.7 Å². The molecule has 0 aromatic heterocycles. The maximum atomic E-state index is 12.4. The van der Waals surface area contributed by atoms with Gasteiger partial charge in [0.15, 0.2) is 5.78 Å². The van der Waals surface area contributed by atoms with Crippen LogP contribution in [-0.2, 0) is 0 Å². The van der Waals surface area contributed by atoms with Gasteiger partial charge < -0.3 is 9.47 Å². The monoisotopic (exact) mass is 296 g/mol. The zero-order chi connectivity index (χ0) is 15.9. The van der Waals surface area contributed by atoms with E-state index >= 15 is 0 Å². The fourth-order valence-electron chi connectivity index (χ4n) is 2.28. The standard InChI is InChI=1S/C19H20O3/c1-4-14(15-5-9-17(21-2)10-6-15)13-19(20)16-7-11-18(22-3)12-8-16/h4-12,14H,1,13H2,2-3H3/t14-/m0/s1. The average Bonchev–Trinajstić information content (AvgIpc) is 2.59. The third-order valence-electron chi connectivity index (χ3n) is 3.65. The highest BCUT2D eigenvalue weighted by Gasteiger charge is 2.14. The van der Waals surface area contributed by atoms with Gasteiger partial charge in [0.2, 0.25) is 0 Å². The number of hydrogen-bond donors (Lipinski definition) is 0. The zero-order valence-electron chi connectivity index (χ0n) is 12.9. The molecule has 3 heteroatoms. The lowest BCUT2D eigenvalue weighted by Gasteiger charge is -2.13. The molecule has 2 aromatic rings. The number of methoxy groups -OCH3 is 2. The minimum absolute atomic E-state index is 0.0134. The summed E-state index contributed by atoms with van der Waals surface area (Å²) in [6.07, 6.45) is 2.20. The predicted octanol–water partition coefficient (Wildman–Crippen LogP) is 4.25. The van der Waals surface area contributed by atoms with Crippen LogP contribution in [0.15, 0.2) is 61.2 Å². The summed E-state index contributed by atoms with van der Waals surface area (Å²) in [7, 11) is 3.24. The van der Waals surface area contributed by atoms with Gasteiger partial charge in [-0.25, -0.2) is 0 Å².